The van der Waals surface area contributed by atoms with Gasteiger partial charge in [0.25, 0.3) is 0 Å². The van der Waals surface area contributed by atoms with Crippen molar-refractivity contribution in [2.24, 2.45) is 5.41 Å². The molecular formula is C14H30N2. The Morgan fingerprint density at radius 3 is 2.38 bits per heavy atom. The average Bonchev–Trinajstić information content (AvgIpc) is 3.00. The van der Waals surface area contributed by atoms with Crippen LogP contribution in [0.25, 0.3) is 0 Å². The first kappa shape index (κ1) is 14.0. The van der Waals surface area contributed by atoms with Crippen LogP contribution in [0.3, 0.4) is 0 Å². The van der Waals surface area contributed by atoms with Crippen LogP contribution >= 0.6 is 0 Å². The second kappa shape index (κ2) is 6.61. The monoisotopic (exact) mass is 226 g/mol. The van der Waals surface area contributed by atoms with E-state index < -0.39 is 0 Å². The highest BCUT2D eigenvalue weighted by Crippen LogP contribution is 2.32. The Morgan fingerprint density at radius 1 is 1.25 bits per heavy atom. The van der Waals surface area contributed by atoms with Crippen molar-refractivity contribution in [2.45, 2.75) is 58.9 Å². The van der Waals surface area contributed by atoms with Crippen LogP contribution in [-0.2, 0) is 0 Å². The van der Waals surface area contributed by atoms with E-state index in [4.69, 9.17) is 0 Å². The first-order valence-electron chi connectivity index (χ1n) is 7.04. The average molecular weight is 226 g/mol. The Kier molecular flexibility index (Phi) is 5.77. The van der Waals surface area contributed by atoms with E-state index in [0.717, 1.165) is 12.6 Å². The van der Waals surface area contributed by atoms with Gasteiger partial charge in [-0.1, -0.05) is 27.2 Å². The fourth-order valence-corrected chi connectivity index (χ4v) is 2.86. The van der Waals surface area contributed by atoms with E-state index in [-0.39, 0.29) is 0 Å². The molecule has 0 aliphatic heterocycles. The summed E-state index contributed by atoms with van der Waals surface area (Å²) in [5.41, 5.74) is 0.460. The molecule has 1 rings (SSSR count). The summed E-state index contributed by atoms with van der Waals surface area (Å²) in [4.78, 5) is 2.73. The van der Waals surface area contributed by atoms with E-state index in [1.165, 1.54) is 45.2 Å². The molecule has 0 bridgehead atoms. The Labute approximate surface area is 102 Å². The van der Waals surface area contributed by atoms with Crippen LogP contribution in [0.5, 0.6) is 0 Å². The molecule has 1 N–H and O–H groups in total. The Balaban J connectivity index is 2.49. The van der Waals surface area contributed by atoms with Crippen molar-refractivity contribution in [3.63, 3.8) is 0 Å². The molecule has 0 radical (unpaired) electrons. The summed E-state index contributed by atoms with van der Waals surface area (Å²) in [6, 6.07) is 0.910. The lowest BCUT2D eigenvalue weighted by Crippen LogP contribution is -2.42. The van der Waals surface area contributed by atoms with Crippen molar-refractivity contribution >= 4 is 0 Å². The SMILES string of the molecule is CCCN(CC(C)(CCC)CNC)C1CC1. The van der Waals surface area contributed by atoms with Gasteiger partial charge in [-0.3, -0.25) is 4.90 Å². The molecule has 1 saturated carbocycles. The molecule has 0 aromatic rings. The van der Waals surface area contributed by atoms with E-state index in [1.807, 2.05) is 0 Å². The summed E-state index contributed by atoms with van der Waals surface area (Å²) >= 11 is 0. The third kappa shape index (κ3) is 4.42. The Morgan fingerprint density at radius 2 is 1.94 bits per heavy atom. The number of hydrogen-bond acceptors (Lipinski definition) is 2. The molecule has 1 aliphatic carbocycles. The van der Waals surface area contributed by atoms with Crippen molar-refractivity contribution in [1.82, 2.24) is 10.2 Å². The normalized spacial score (nSPS) is 20.1. The fourth-order valence-electron chi connectivity index (χ4n) is 2.86. The van der Waals surface area contributed by atoms with Crippen LogP contribution in [0.2, 0.25) is 0 Å². The van der Waals surface area contributed by atoms with Crippen LogP contribution in [0.4, 0.5) is 0 Å². The molecule has 2 nitrogen and oxygen atoms in total. The maximum absolute atomic E-state index is 3.37. The lowest BCUT2D eigenvalue weighted by molar-refractivity contribution is 0.144. The predicted octanol–water partition coefficient (Wildman–Crippen LogP) is 2.89. The van der Waals surface area contributed by atoms with E-state index >= 15 is 0 Å². The van der Waals surface area contributed by atoms with Gasteiger partial charge in [0.15, 0.2) is 0 Å². The highest BCUT2D eigenvalue weighted by molar-refractivity contribution is 4.89. The number of nitrogens with zero attached hydrogens (tertiary/aromatic N) is 1. The molecule has 1 unspecified atom stereocenters. The highest BCUT2D eigenvalue weighted by Gasteiger charge is 2.33. The molecule has 0 aromatic heterocycles. The van der Waals surface area contributed by atoms with E-state index in [2.05, 4.69) is 38.0 Å². The molecule has 2 heteroatoms. The van der Waals surface area contributed by atoms with Gasteiger partial charge in [-0.15, -0.1) is 0 Å². The van der Waals surface area contributed by atoms with Gasteiger partial charge in [-0.2, -0.15) is 0 Å². The van der Waals surface area contributed by atoms with Gasteiger partial charge >= 0.3 is 0 Å². The maximum Gasteiger partial charge on any atom is 0.00966 e. The number of hydrogen-bond donors (Lipinski definition) is 1. The minimum atomic E-state index is 0.460. The van der Waals surface area contributed by atoms with E-state index in [1.54, 1.807) is 0 Å². The topological polar surface area (TPSA) is 15.3 Å². The summed E-state index contributed by atoms with van der Waals surface area (Å²) in [5.74, 6) is 0. The molecule has 0 heterocycles. The molecular weight excluding hydrogens is 196 g/mol. The molecule has 16 heavy (non-hydrogen) atoms. The number of rotatable bonds is 9. The summed E-state index contributed by atoms with van der Waals surface area (Å²) in [6.45, 7) is 10.7. The zero-order valence-corrected chi connectivity index (χ0v) is 11.7. The van der Waals surface area contributed by atoms with Crippen molar-refractivity contribution in [1.29, 1.82) is 0 Å². The third-order valence-corrected chi connectivity index (χ3v) is 3.62. The summed E-state index contributed by atoms with van der Waals surface area (Å²) < 4.78 is 0. The second-order valence-electron chi connectivity index (χ2n) is 5.79. The fraction of sp³-hybridized carbons (Fsp3) is 1.00. The molecule has 0 spiro atoms. The van der Waals surface area contributed by atoms with Gasteiger partial charge in [0.2, 0.25) is 0 Å². The predicted molar refractivity (Wildman–Crippen MR) is 71.8 cm³/mol. The van der Waals surface area contributed by atoms with Crippen molar-refractivity contribution in [2.75, 3.05) is 26.7 Å². The van der Waals surface area contributed by atoms with Gasteiger partial charge in [0.1, 0.15) is 0 Å². The third-order valence-electron chi connectivity index (χ3n) is 3.62. The van der Waals surface area contributed by atoms with Gasteiger partial charge in [0.05, 0.1) is 0 Å². The molecule has 1 atom stereocenters. The minimum Gasteiger partial charge on any atom is -0.319 e. The van der Waals surface area contributed by atoms with Gasteiger partial charge in [0, 0.05) is 19.1 Å². The molecule has 0 amide bonds. The minimum absolute atomic E-state index is 0.460. The van der Waals surface area contributed by atoms with Crippen LogP contribution in [-0.4, -0.2) is 37.6 Å². The van der Waals surface area contributed by atoms with Crippen LogP contribution < -0.4 is 5.32 Å². The summed E-state index contributed by atoms with van der Waals surface area (Å²) in [7, 11) is 2.08. The highest BCUT2D eigenvalue weighted by atomic mass is 15.2. The lowest BCUT2D eigenvalue weighted by atomic mass is 9.84. The first-order valence-corrected chi connectivity index (χ1v) is 7.04. The van der Waals surface area contributed by atoms with E-state index in [9.17, 15) is 0 Å². The zero-order valence-electron chi connectivity index (χ0n) is 11.7. The number of nitrogens with one attached hydrogen (secondary N) is 1. The van der Waals surface area contributed by atoms with Gasteiger partial charge in [-0.05, 0) is 44.7 Å². The van der Waals surface area contributed by atoms with E-state index in [0.29, 0.717) is 5.41 Å². The van der Waals surface area contributed by atoms with Crippen molar-refractivity contribution in [3.8, 4) is 0 Å². The molecule has 1 aliphatic rings. The molecule has 0 aromatic carbocycles. The quantitative estimate of drug-likeness (QED) is 0.650. The van der Waals surface area contributed by atoms with Crippen LogP contribution in [0.1, 0.15) is 52.9 Å². The summed E-state index contributed by atoms with van der Waals surface area (Å²) in [5, 5.41) is 3.37. The lowest BCUT2D eigenvalue weighted by Gasteiger charge is -2.35. The Bertz CT molecular complexity index is 181. The maximum atomic E-state index is 3.37. The molecule has 96 valence electrons. The van der Waals surface area contributed by atoms with Crippen LogP contribution in [0, 0.1) is 5.41 Å². The Hall–Kier alpha value is -0.0800. The summed E-state index contributed by atoms with van der Waals surface area (Å²) in [6.07, 6.45) is 6.78. The smallest absolute Gasteiger partial charge is 0.00966 e. The molecule has 0 saturated heterocycles. The first-order chi connectivity index (χ1) is 7.65. The van der Waals surface area contributed by atoms with Gasteiger partial charge in [-0.25, -0.2) is 0 Å². The standard InChI is InChI=1S/C14H30N2/c1-5-9-14(3,11-15-4)12-16(10-6-2)13-7-8-13/h13,15H,5-12H2,1-4H3. The zero-order chi connectivity index (χ0) is 12.0. The van der Waals surface area contributed by atoms with Crippen molar-refractivity contribution < 1.29 is 0 Å². The van der Waals surface area contributed by atoms with Crippen molar-refractivity contribution in [3.05, 3.63) is 0 Å². The molecule has 1 fully saturated rings. The van der Waals surface area contributed by atoms with Crippen LogP contribution in [0.15, 0.2) is 0 Å². The van der Waals surface area contributed by atoms with Gasteiger partial charge < -0.3 is 5.32 Å². The second-order valence-corrected chi connectivity index (χ2v) is 5.79. The largest absolute Gasteiger partial charge is 0.319 e.